The van der Waals surface area contributed by atoms with Gasteiger partial charge in [-0.3, -0.25) is 4.79 Å². The minimum atomic E-state index is -4.64. The third-order valence-electron chi connectivity index (χ3n) is 2.77. The molecule has 0 aromatic heterocycles. The lowest BCUT2D eigenvalue weighted by Crippen LogP contribution is -2.39. The van der Waals surface area contributed by atoms with Crippen molar-refractivity contribution in [1.82, 2.24) is 15.4 Å². The Morgan fingerprint density at radius 2 is 1.91 bits per heavy atom. The first-order valence-corrected chi connectivity index (χ1v) is 8.29. The number of amides is 1. The summed E-state index contributed by atoms with van der Waals surface area (Å²) in [5.41, 5.74) is -1.07. The lowest BCUT2D eigenvalue weighted by Gasteiger charge is -2.10. The molecule has 0 aliphatic rings. The molecule has 1 aromatic carbocycles. The largest absolute Gasteiger partial charge is 0.416 e. The number of sulfonamides is 1. The summed E-state index contributed by atoms with van der Waals surface area (Å²) in [5.74, 6) is -0.571. The number of rotatable bonds is 8. The molecule has 0 unspecified atom stereocenters. The molecule has 1 aromatic rings. The number of hydrogen-bond donors (Lipinski definition) is 3. The quantitative estimate of drug-likeness (QED) is 0.601. The maximum absolute atomic E-state index is 12.6. The topological polar surface area (TPSA) is 87.3 Å². The van der Waals surface area contributed by atoms with E-state index in [1.165, 1.54) is 0 Å². The molecule has 10 heteroatoms. The van der Waals surface area contributed by atoms with E-state index in [1.807, 2.05) is 11.6 Å². The molecule has 3 N–H and O–H groups in total. The summed E-state index contributed by atoms with van der Waals surface area (Å²) in [6.07, 6.45) is -4.64. The molecule has 0 saturated carbocycles. The minimum absolute atomic E-state index is 0.317. The molecule has 0 aliphatic carbocycles. The van der Waals surface area contributed by atoms with Gasteiger partial charge in [0.05, 0.1) is 17.0 Å². The first-order chi connectivity index (χ1) is 10.7. The highest BCUT2D eigenvalue weighted by atomic mass is 32.2. The lowest BCUT2D eigenvalue weighted by atomic mass is 10.2. The molecule has 0 bridgehead atoms. The maximum atomic E-state index is 12.6. The molecule has 0 heterocycles. The first-order valence-electron chi connectivity index (χ1n) is 6.81. The normalized spacial score (nSPS) is 12.2. The van der Waals surface area contributed by atoms with E-state index in [9.17, 15) is 26.4 Å². The number of alkyl halides is 3. The summed E-state index contributed by atoms with van der Waals surface area (Å²) in [6.45, 7) is 2.92. The second-order valence-corrected chi connectivity index (χ2v) is 6.32. The van der Waals surface area contributed by atoms with Gasteiger partial charge in [0.1, 0.15) is 0 Å². The highest BCUT2D eigenvalue weighted by molar-refractivity contribution is 7.89. The van der Waals surface area contributed by atoms with Crippen molar-refractivity contribution in [2.45, 2.75) is 18.0 Å². The van der Waals surface area contributed by atoms with Crippen LogP contribution < -0.4 is 15.4 Å². The molecule has 130 valence electrons. The van der Waals surface area contributed by atoms with Gasteiger partial charge in [0.25, 0.3) is 0 Å². The van der Waals surface area contributed by atoms with Crippen molar-refractivity contribution in [2.24, 2.45) is 0 Å². The fourth-order valence-corrected chi connectivity index (χ4v) is 2.64. The van der Waals surface area contributed by atoms with Crippen LogP contribution in [-0.4, -0.2) is 40.5 Å². The van der Waals surface area contributed by atoms with Gasteiger partial charge in [0, 0.05) is 13.1 Å². The fourth-order valence-electron chi connectivity index (χ4n) is 1.61. The Balaban J connectivity index is 2.64. The Kier molecular flexibility index (Phi) is 6.98. The molecule has 1 rings (SSSR count). The standard InChI is InChI=1S/C13H18F3N3O3S/c1-2-17-6-7-18-12(20)9-19-23(21,22)11-5-3-4-10(8-11)13(14,15)16/h3-5,8,17,19H,2,6-7,9H2,1H3,(H,18,20). The summed E-state index contributed by atoms with van der Waals surface area (Å²) >= 11 is 0. The van der Waals surface area contributed by atoms with Crippen molar-refractivity contribution < 1.29 is 26.4 Å². The van der Waals surface area contributed by atoms with E-state index >= 15 is 0 Å². The van der Waals surface area contributed by atoms with E-state index < -0.39 is 39.1 Å². The van der Waals surface area contributed by atoms with Gasteiger partial charge in [-0.25, -0.2) is 13.1 Å². The third kappa shape index (κ3) is 6.55. The molecule has 23 heavy (non-hydrogen) atoms. The predicted molar refractivity (Wildman–Crippen MR) is 78.2 cm³/mol. The smallest absolute Gasteiger partial charge is 0.354 e. The van der Waals surface area contributed by atoms with E-state index in [2.05, 4.69) is 10.6 Å². The molecule has 0 atom stereocenters. The highest BCUT2D eigenvalue weighted by Gasteiger charge is 2.31. The summed E-state index contributed by atoms with van der Waals surface area (Å²) in [4.78, 5) is 10.9. The van der Waals surface area contributed by atoms with Crippen LogP contribution in [-0.2, 0) is 21.0 Å². The van der Waals surface area contributed by atoms with Crippen LogP contribution in [0.5, 0.6) is 0 Å². The number of likely N-dealkylation sites (N-methyl/N-ethyl adjacent to an activating group) is 1. The Hall–Kier alpha value is -1.65. The number of carbonyl (C=O) groups is 1. The molecule has 1 amide bonds. The molecule has 0 fully saturated rings. The number of hydrogen-bond acceptors (Lipinski definition) is 4. The van der Waals surface area contributed by atoms with E-state index in [0.717, 1.165) is 24.7 Å². The van der Waals surface area contributed by atoms with Crippen molar-refractivity contribution >= 4 is 15.9 Å². The summed E-state index contributed by atoms with van der Waals surface area (Å²) < 4.78 is 63.6. The zero-order valence-corrected chi connectivity index (χ0v) is 13.2. The van der Waals surface area contributed by atoms with Crippen LogP contribution in [0.1, 0.15) is 12.5 Å². The minimum Gasteiger partial charge on any atom is -0.354 e. The third-order valence-corrected chi connectivity index (χ3v) is 4.17. The van der Waals surface area contributed by atoms with Crippen LogP contribution in [0.3, 0.4) is 0 Å². The first kappa shape index (κ1) is 19.4. The number of nitrogens with one attached hydrogen (secondary N) is 3. The van der Waals surface area contributed by atoms with Crippen LogP contribution in [0.25, 0.3) is 0 Å². The van der Waals surface area contributed by atoms with Gasteiger partial charge in [-0.05, 0) is 24.7 Å². The van der Waals surface area contributed by atoms with E-state index in [1.54, 1.807) is 0 Å². The van der Waals surface area contributed by atoms with Gasteiger partial charge < -0.3 is 10.6 Å². The molecular weight excluding hydrogens is 335 g/mol. The van der Waals surface area contributed by atoms with Gasteiger partial charge in [0.2, 0.25) is 15.9 Å². The van der Waals surface area contributed by atoms with Crippen molar-refractivity contribution in [3.63, 3.8) is 0 Å². The summed E-state index contributed by atoms with van der Waals surface area (Å²) in [5, 5.41) is 5.43. The fraction of sp³-hybridized carbons (Fsp3) is 0.462. The molecular formula is C13H18F3N3O3S. The maximum Gasteiger partial charge on any atom is 0.416 e. The second kappa shape index (κ2) is 8.27. The van der Waals surface area contributed by atoms with Crippen molar-refractivity contribution in [1.29, 1.82) is 0 Å². The lowest BCUT2D eigenvalue weighted by molar-refractivity contribution is -0.137. The predicted octanol–water partition coefficient (Wildman–Crippen LogP) is 0.709. The SMILES string of the molecule is CCNCCNC(=O)CNS(=O)(=O)c1cccc(C(F)(F)F)c1. The molecule has 0 spiro atoms. The van der Waals surface area contributed by atoms with Gasteiger partial charge in [-0.15, -0.1) is 0 Å². The van der Waals surface area contributed by atoms with Crippen molar-refractivity contribution in [3.05, 3.63) is 29.8 Å². The van der Waals surface area contributed by atoms with E-state index in [-0.39, 0.29) is 0 Å². The molecule has 0 aliphatic heterocycles. The van der Waals surface area contributed by atoms with Crippen LogP contribution in [0.4, 0.5) is 13.2 Å². The van der Waals surface area contributed by atoms with Gasteiger partial charge in [-0.1, -0.05) is 13.0 Å². The van der Waals surface area contributed by atoms with E-state index in [4.69, 9.17) is 0 Å². The van der Waals surface area contributed by atoms with Gasteiger partial charge in [0.15, 0.2) is 0 Å². The Bertz CT molecular complexity index is 633. The molecule has 0 radical (unpaired) electrons. The average molecular weight is 353 g/mol. The van der Waals surface area contributed by atoms with Crippen molar-refractivity contribution in [3.8, 4) is 0 Å². The van der Waals surface area contributed by atoms with Gasteiger partial charge in [-0.2, -0.15) is 13.2 Å². The van der Waals surface area contributed by atoms with Crippen LogP contribution >= 0.6 is 0 Å². The summed E-state index contributed by atoms with van der Waals surface area (Å²) in [7, 11) is -4.20. The molecule has 0 saturated heterocycles. The molecule has 6 nitrogen and oxygen atoms in total. The van der Waals surface area contributed by atoms with Crippen LogP contribution in [0.15, 0.2) is 29.2 Å². The summed E-state index contributed by atoms with van der Waals surface area (Å²) in [6, 6.07) is 3.31. The van der Waals surface area contributed by atoms with Gasteiger partial charge >= 0.3 is 6.18 Å². The van der Waals surface area contributed by atoms with E-state index in [0.29, 0.717) is 19.2 Å². The monoisotopic (exact) mass is 353 g/mol. The number of benzene rings is 1. The number of halogens is 3. The highest BCUT2D eigenvalue weighted by Crippen LogP contribution is 2.30. The Morgan fingerprint density at radius 1 is 1.22 bits per heavy atom. The van der Waals surface area contributed by atoms with Crippen LogP contribution in [0, 0.1) is 0 Å². The van der Waals surface area contributed by atoms with Crippen LogP contribution in [0.2, 0.25) is 0 Å². The van der Waals surface area contributed by atoms with Crippen molar-refractivity contribution in [2.75, 3.05) is 26.2 Å². The zero-order valence-electron chi connectivity index (χ0n) is 12.4. The Morgan fingerprint density at radius 3 is 2.52 bits per heavy atom. The zero-order chi connectivity index (χ0) is 17.5. The number of carbonyl (C=O) groups excluding carboxylic acids is 1. The Labute approximate surface area is 132 Å². The second-order valence-electron chi connectivity index (χ2n) is 4.55. The average Bonchev–Trinajstić information content (AvgIpc) is 2.49.